The summed E-state index contributed by atoms with van der Waals surface area (Å²) in [5, 5.41) is 24.4. The van der Waals surface area contributed by atoms with Crippen molar-refractivity contribution in [2.24, 2.45) is 11.8 Å². The van der Waals surface area contributed by atoms with E-state index in [1.807, 2.05) is 30.3 Å². The van der Waals surface area contributed by atoms with Crippen LogP contribution in [0.3, 0.4) is 0 Å². The third-order valence-electron chi connectivity index (χ3n) is 7.02. The Labute approximate surface area is 198 Å². The van der Waals surface area contributed by atoms with Crippen molar-refractivity contribution in [1.29, 1.82) is 0 Å². The quantitative estimate of drug-likeness (QED) is 0.443. The van der Waals surface area contributed by atoms with Crippen LogP contribution in [0.25, 0.3) is 0 Å². The van der Waals surface area contributed by atoms with E-state index < -0.39 is 30.2 Å². The molecule has 0 unspecified atom stereocenters. The Morgan fingerprint density at radius 2 is 1.85 bits per heavy atom. The maximum absolute atomic E-state index is 13.0. The lowest BCUT2D eigenvalue weighted by molar-refractivity contribution is -0.141. The lowest BCUT2D eigenvalue weighted by atomic mass is 9.94. The highest BCUT2D eigenvalue weighted by atomic mass is 16.5. The first-order valence-corrected chi connectivity index (χ1v) is 12.2. The second kappa shape index (κ2) is 13.1. The molecule has 7 atom stereocenters. The van der Waals surface area contributed by atoms with E-state index in [4.69, 9.17) is 4.74 Å². The van der Waals surface area contributed by atoms with Crippen molar-refractivity contribution in [3.05, 3.63) is 35.9 Å². The molecular formula is C26H42N2O5. The van der Waals surface area contributed by atoms with Gasteiger partial charge in [-0.1, -0.05) is 57.5 Å². The van der Waals surface area contributed by atoms with E-state index in [1.165, 1.54) is 0 Å². The Bertz CT molecular complexity index is 743. The van der Waals surface area contributed by atoms with Gasteiger partial charge >= 0.3 is 0 Å². The van der Waals surface area contributed by atoms with Crippen molar-refractivity contribution in [3.63, 3.8) is 0 Å². The first kappa shape index (κ1) is 27.3. The molecule has 2 amide bonds. The number of carbonyl (C=O) groups excluding carboxylic acids is 2. The van der Waals surface area contributed by atoms with Crippen LogP contribution in [0, 0.1) is 11.8 Å². The molecule has 1 aromatic carbocycles. The minimum absolute atomic E-state index is 0.0350. The number of carbonyl (C=O) groups is 2. The zero-order chi connectivity index (χ0) is 24.5. The number of aliphatic hydroxyl groups is 2. The summed E-state index contributed by atoms with van der Waals surface area (Å²) in [6, 6.07) is 8.24. The molecular weight excluding hydrogens is 420 g/mol. The molecule has 0 saturated carbocycles. The van der Waals surface area contributed by atoms with E-state index in [0.29, 0.717) is 18.9 Å². The van der Waals surface area contributed by atoms with Crippen molar-refractivity contribution in [1.82, 2.24) is 10.2 Å². The maximum Gasteiger partial charge on any atom is 0.225 e. The Kier molecular flexibility index (Phi) is 10.8. The van der Waals surface area contributed by atoms with E-state index in [2.05, 4.69) is 19.2 Å². The molecule has 0 radical (unpaired) electrons. The van der Waals surface area contributed by atoms with Gasteiger partial charge in [0, 0.05) is 13.7 Å². The molecule has 1 saturated heterocycles. The van der Waals surface area contributed by atoms with E-state index in [0.717, 1.165) is 24.8 Å². The third kappa shape index (κ3) is 7.52. The first-order valence-electron chi connectivity index (χ1n) is 12.2. The number of hydrogen-bond donors (Lipinski definition) is 3. The Balaban J connectivity index is 1.96. The lowest BCUT2D eigenvalue weighted by Gasteiger charge is -2.33. The summed E-state index contributed by atoms with van der Waals surface area (Å²) in [7, 11) is 1.63. The summed E-state index contributed by atoms with van der Waals surface area (Å²) in [6.45, 7) is 8.26. The molecule has 1 aliphatic heterocycles. The molecule has 0 aliphatic carbocycles. The predicted molar refractivity (Wildman–Crippen MR) is 128 cm³/mol. The van der Waals surface area contributed by atoms with E-state index in [1.54, 1.807) is 25.9 Å². The van der Waals surface area contributed by atoms with Crippen molar-refractivity contribution in [2.75, 3.05) is 13.7 Å². The van der Waals surface area contributed by atoms with Gasteiger partial charge in [0.1, 0.15) is 0 Å². The summed E-state index contributed by atoms with van der Waals surface area (Å²) in [6.07, 6.45) is 1.62. The highest BCUT2D eigenvalue weighted by Crippen LogP contribution is 2.27. The summed E-state index contributed by atoms with van der Waals surface area (Å²) >= 11 is 0. The number of nitrogens with zero attached hydrogens (tertiary/aromatic N) is 1. The normalized spacial score (nSPS) is 21.7. The Hall–Kier alpha value is -1.96. The van der Waals surface area contributed by atoms with Gasteiger partial charge in [0.25, 0.3) is 0 Å². The standard InChI is InChI=1S/C26H42N2O5/c1-6-17(2)15-21(33-5)16-23(29)28-14-10-13-22(28)24(30)18(3)26(32)27-19(4)25(31)20-11-8-7-9-12-20/h7-9,11-12,17-19,21-22,24-25,30-31H,6,10,13-16H2,1-5H3,(H,27,32)/t17-,18+,19+,21-,22-,24+,25+/m0/s1. The highest BCUT2D eigenvalue weighted by Gasteiger charge is 2.39. The number of nitrogens with one attached hydrogen (secondary N) is 1. The van der Waals surface area contributed by atoms with E-state index in [-0.39, 0.29) is 24.3 Å². The zero-order valence-electron chi connectivity index (χ0n) is 20.7. The first-order chi connectivity index (χ1) is 15.7. The number of rotatable bonds is 12. The molecule has 1 aliphatic rings. The number of likely N-dealkylation sites (tertiary alicyclic amines) is 1. The summed E-state index contributed by atoms with van der Waals surface area (Å²) < 4.78 is 5.54. The van der Waals surface area contributed by atoms with Gasteiger partial charge < -0.3 is 25.2 Å². The Morgan fingerprint density at radius 1 is 1.18 bits per heavy atom. The largest absolute Gasteiger partial charge is 0.390 e. The third-order valence-corrected chi connectivity index (χ3v) is 7.02. The van der Waals surface area contributed by atoms with Crippen LogP contribution in [0.4, 0.5) is 0 Å². The van der Waals surface area contributed by atoms with Gasteiger partial charge in [-0.3, -0.25) is 9.59 Å². The van der Waals surface area contributed by atoms with Gasteiger partial charge in [-0.15, -0.1) is 0 Å². The van der Waals surface area contributed by atoms with Crippen molar-refractivity contribution in [3.8, 4) is 0 Å². The summed E-state index contributed by atoms with van der Waals surface area (Å²) in [5.74, 6) is -0.616. The van der Waals surface area contributed by atoms with Crippen LogP contribution in [0.1, 0.15) is 71.5 Å². The maximum atomic E-state index is 13.0. The van der Waals surface area contributed by atoms with Crippen LogP contribution < -0.4 is 5.32 Å². The highest BCUT2D eigenvalue weighted by molar-refractivity contribution is 5.80. The molecule has 1 aromatic rings. The van der Waals surface area contributed by atoms with Crippen molar-refractivity contribution >= 4 is 11.8 Å². The topological polar surface area (TPSA) is 99.1 Å². The average Bonchev–Trinajstić information content (AvgIpc) is 3.32. The summed E-state index contributed by atoms with van der Waals surface area (Å²) in [5.41, 5.74) is 0.719. The van der Waals surface area contributed by atoms with Gasteiger partial charge in [0.05, 0.1) is 42.7 Å². The summed E-state index contributed by atoms with van der Waals surface area (Å²) in [4.78, 5) is 27.6. The second-order valence-corrected chi connectivity index (χ2v) is 9.54. The van der Waals surface area contributed by atoms with E-state index in [9.17, 15) is 19.8 Å². The predicted octanol–water partition coefficient (Wildman–Crippen LogP) is 3.05. The molecule has 0 aromatic heterocycles. The van der Waals surface area contributed by atoms with Crippen molar-refractivity contribution < 1.29 is 24.5 Å². The molecule has 0 bridgehead atoms. The average molecular weight is 463 g/mol. The smallest absolute Gasteiger partial charge is 0.225 e. The van der Waals surface area contributed by atoms with Gasteiger partial charge in [-0.25, -0.2) is 0 Å². The minimum atomic E-state index is -0.979. The van der Waals surface area contributed by atoms with Gasteiger partial charge in [0.2, 0.25) is 11.8 Å². The van der Waals surface area contributed by atoms with Crippen LogP contribution in [0.15, 0.2) is 30.3 Å². The number of ether oxygens (including phenoxy) is 1. The molecule has 3 N–H and O–H groups in total. The molecule has 2 rings (SSSR count). The molecule has 1 heterocycles. The number of amides is 2. The van der Waals surface area contributed by atoms with Crippen LogP contribution in [-0.2, 0) is 14.3 Å². The van der Waals surface area contributed by atoms with Crippen LogP contribution in [0.5, 0.6) is 0 Å². The number of benzene rings is 1. The number of methoxy groups -OCH3 is 1. The molecule has 33 heavy (non-hydrogen) atoms. The van der Waals surface area contributed by atoms with Gasteiger partial charge in [-0.2, -0.15) is 0 Å². The van der Waals surface area contributed by atoms with Crippen LogP contribution >= 0.6 is 0 Å². The molecule has 7 nitrogen and oxygen atoms in total. The Morgan fingerprint density at radius 3 is 2.45 bits per heavy atom. The zero-order valence-corrected chi connectivity index (χ0v) is 20.7. The van der Waals surface area contributed by atoms with Crippen molar-refractivity contribution in [2.45, 2.75) is 90.2 Å². The number of hydrogen-bond acceptors (Lipinski definition) is 5. The fraction of sp³-hybridized carbons (Fsp3) is 0.692. The molecule has 0 spiro atoms. The van der Waals surface area contributed by atoms with E-state index >= 15 is 0 Å². The second-order valence-electron chi connectivity index (χ2n) is 9.54. The fourth-order valence-electron chi connectivity index (χ4n) is 4.51. The van der Waals surface area contributed by atoms with Crippen LogP contribution in [-0.4, -0.2) is 64.9 Å². The SMILES string of the molecule is CC[C@H](C)C[C@@H](CC(=O)N1CCC[C@H]1[C@H](O)[C@@H](C)C(=O)N[C@H](C)[C@@H](O)c1ccccc1)OC. The molecule has 7 heteroatoms. The number of aliphatic hydroxyl groups excluding tert-OH is 2. The fourth-order valence-corrected chi connectivity index (χ4v) is 4.51. The van der Waals surface area contributed by atoms with Crippen LogP contribution in [0.2, 0.25) is 0 Å². The lowest BCUT2D eigenvalue weighted by Crippen LogP contribution is -2.50. The monoisotopic (exact) mass is 462 g/mol. The minimum Gasteiger partial charge on any atom is -0.390 e. The van der Waals surface area contributed by atoms with Gasteiger partial charge in [0.15, 0.2) is 0 Å². The molecule has 1 fully saturated rings. The van der Waals surface area contributed by atoms with Gasteiger partial charge in [-0.05, 0) is 37.7 Å². The molecule has 186 valence electrons.